The van der Waals surface area contributed by atoms with Gasteiger partial charge in [-0.15, -0.1) is 0 Å². The molecule has 3 nitrogen and oxygen atoms in total. The fourth-order valence-corrected chi connectivity index (χ4v) is 2.76. The number of ether oxygens (including phenoxy) is 2. The predicted octanol–water partition coefficient (Wildman–Crippen LogP) is 2.91. The first-order valence-electron chi connectivity index (χ1n) is 6.93. The van der Waals surface area contributed by atoms with Crippen molar-refractivity contribution in [3.8, 4) is 11.5 Å². The first-order chi connectivity index (χ1) is 8.86. The summed E-state index contributed by atoms with van der Waals surface area (Å²) in [4.78, 5) is 0. The van der Waals surface area contributed by atoms with E-state index in [0.29, 0.717) is 19.3 Å². The Hall–Kier alpha value is -1.22. The van der Waals surface area contributed by atoms with Crippen LogP contribution in [0.25, 0.3) is 0 Å². The fraction of sp³-hybridized carbons (Fsp3) is 0.600. The van der Waals surface area contributed by atoms with E-state index in [4.69, 9.17) is 9.47 Å². The van der Waals surface area contributed by atoms with Crippen LogP contribution in [0.1, 0.15) is 37.3 Å². The Kier molecular flexibility index (Phi) is 3.41. The van der Waals surface area contributed by atoms with Gasteiger partial charge in [-0.2, -0.15) is 0 Å². The first-order valence-corrected chi connectivity index (χ1v) is 6.93. The lowest BCUT2D eigenvalue weighted by molar-refractivity contribution is 0.171. The quantitative estimate of drug-likeness (QED) is 0.887. The third kappa shape index (κ3) is 2.32. The molecule has 0 spiro atoms. The Labute approximate surface area is 108 Å². The Bertz CT molecular complexity index is 415. The molecular weight excluding hydrogens is 226 g/mol. The summed E-state index contributed by atoms with van der Waals surface area (Å²) < 4.78 is 11.2. The van der Waals surface area contributed by atoms with Gasteiger partial charge in [0.2, 0.25) is 0 Å². The van der Waals surface area contributed by atoms with Gasteiger partial charge in [-0.25, -0.2) is 0 Å². The van der Waals surface area contributed by atoms with Gasteiger partial charge in [-0.1, -0.05) is 25.3 Å². The molecule has 18 heavy (non-hydrogen) atoms. The van der Waals surface area contributed by atoms with Crippen molar-refractivity contribution in [3.63, 3.8) is 0 Å². The van der Waals surface area contributed by atoms with Gasteiger partial charge in [0.25, 0.3) is 0 Å². The zero-order valence-corrected chi connectivity index (χ0v) is 10.9. The Morgan fingerprint density at radius 3 is 2.67 bits per heavy atom. The van der Waals surface area contributed by atoms with Crippen molar-refractivity contribution in [3.05, 3.63) is 23.8 Å². The molecule has 1 unspecified atom stereocenters. The minimum absolute atomic E-state index is 0.436. The highest BCUT2D eigenvalue weighted by Gasteiger charge is 2.23. The molecule has 1 aromatic rings. The fourth-order valence-electron chi connectivity index (χ4n) is 2.76. The van der Waals surface area contributed by atoms with Crippen LogP contribution < -0.4 is 14.8 Å². The number of benzene rings is 1. The zero-order valence-electron chi connectivity index (χ0n) is 10.9. The van der Waals surface area contributed by atoms with Gasteiger partial charge in [0.05, 0.1) is 0 Å². The molecule has 0 amide bonds. The second-order valence-electron chi connectivity index (χ2n) is 5.28. The van der Waals surface area contributed by atoms with Gasteiger partial charge in [0.15, 0.2) is 11.5 Å². The van der Waals surface area contributed by atoms with Gasteiger partial charge in [0, 0.05) is 6.04 Å². The number of rotatable bonds is 4. The van der Waals surface area contributed by atoms with Crippen LogP contribution in [-0.4, -0.2) is 20.3 Å². The summed E-state index contributed by atoms with van der Waals surface area (Å²) in [5.41, 5.74) is 1.31. The molecule has 3 heteroatoms. The van der Waals surface area contributed by atoms with Crippen LogP contribution in [0.4, 0.5) is 0 Å². The van der Waals surface area contributed by atoms with Crippen LogP contribution in [0.2, 0.25) is 0 Å². The molecular formula is C15H21NO2. The van der Waals surface area contributed by atoms with Crippen LogP contribution in [-0.2, 0) is 0 Å². The average molecular weight is 247 g/mol. The maximum Gasteiger partial charge on any atom is 0.161 e. The van der Waals surface area contributed by atoms with E-state index in [9.17, 15) is 0 Å². The van der Waals surface area contributed by atoms with Crippen LogP contribution in [0, 0.1) is 5.92 Å². The Morgan fingerprint density at radius 1 is 1.22 bits per heavy atom. The Morgan fingerprint density at radius 2 is 2.00 bits per heavy atom. The molecule has 1 aromatic carbocycles. The molecule has 1 fully saturated rings. The van der Waals surface area contributed by atoms with Crippen LogP contribution in [0.15, 0.2) is 18.2 Å². The molecule has 2 aliphatic rings. The number of nitrogens with one attached hydrogen (secondary N) is 1. The molecule has 0 bridgehead atoms. The number of hydrogen-bond acceptors (Lipinski definition) is 3. The number of fused-ring (bicyclic) bond motifs is 1. The molecule has 3 rings (SSSR count). The minimum atomic E-state index is 0.436. The molecule has 98 valence electrons. The summed E-state index contributed by atoms with van der Waals surface area (Å²) >= 11 is 0. The predicted molar refractivity (Wildman–Crippen MR) is 71.2 cm³/mol. The highest BCUT2D eigenvalue weighted by Crippen LogP contribution is 2.37. The average Bonchev–Trinajstić information content (AvgIpc) is 2.37. The van der Waals surface area contributed by atoms with Crippen LogP contribution in [0.5, 0.6) is 11.5 Å². The monoisotopic (exact) mass is 247 g/mol. The van der Waals surface area contributed by atoms with Gasteiger partial charge in [-0.3, -0.25) is 0 Å². The van der Waals surface area contributed by atoms with E-state index in [1.165, 1.54) is 31.2 Å². The van der Waals surface area contributed by atoms with Crippen molar-refractivity contribution in [2.24, 2.45) is 5.92 Å². The van der Waals surface area contributed by atoms with E-state index in [1.54, 1.807) is 0 Å². The maximum atomic E-state index is 5.65. The van der Waals surface area contributed by atoms with Crippen molar-refractivity contribution in [1.29, 1.82) is 0 Å². The molecule has 1 saturated carbocycles. The second kappa shape index (κ2) is 5.19. The van der Waals surface area contributed by atoms with Crippen LogP contribution in [0.3, 0.4) is 0 Å². The highest BCUT2D eigenvalue weighted by molar-refractivity contribution is 5.44. The second-order valence-corrected chi connectivity index (χ2v) is 5.28. The van der Waals surface area contributed by atoms with E-state index in [0.717, 1.165) is 17.4 Å². The van der Waals surface area contributed by atoms with E-state index >= 15 is 0 Å². The van der Waals surface area contributed by atoms with E-state index in [-0.39, 0.29) is 0 Å². The molecule has 0 saturated heterocycles. The van der Waals surface area contributed by atoms with Gasteiger partial charge < -0.3 is 14.8 Å². The van der Waals surface area contributed by atoms with Crippen molar-refractivity contribution in [2.75, 3.05) is 20.3 Å². The Balaban J connectivity index is 1.76. The molecule has 1 atom stereocenters. The lowest BCUT2D eigenvalue weighted by atomic mass is 9.79. The molecule has 1 heterocycles. The highest BCUT2D eigenvalue weighted by atomic mass is 16.6. The lowest BCUT2D eigenvalue weighted by Gasteiger charge is -2.30. The van der Waals surface area contributed by atoms with Crippen molar-refractivity contribution in [2.45, 2.75) is 31.7 Å². The molecule has 0 aromatic heterocycles. The van der Waals surface area contributed by atoms with E-state index < -0.39 is 0 Å². The molecule has 0 radical (unpaired) electrons. The van der Waals surface area contributed by atoms with E-state index in [2.05, 4.69) is 17.4 Å². The molecule has 1 aliphatic heterocycles. The SMILES string of the molecule is CNC(CC1CCC1)c1ccc2c(c1)OCCO2. The maximum absolute atomic E-state index is 5.65. The topological polar surface area (TPSA) is 30.5 Å². The standard InChI is InChI=1S/C15H21NO2/c1-16-13(9-11-3-2-4-11)12-5-6-14-15(10-12)18-8-7-17-14/h5-6,10-11,13,16H,2-4,7-9H2,1H3. The summed E-state index contributed by atoms with van der Waals surface area (Å²) in [5, 5.41) is 3.43. The van der Waals surface area contributed by atoms with Crippen LogP contribution >= 0.6 is 0 Å². The summed E-state index contributed by atoms with van der Waals surface area (Å²) in [6, 6.07) is 6.77. The van der Waals surface area contributed by atoms with Crippen molar-refractivity contribution < 1.29 is 9.47 Å². The van der Waals surface area contributed by atoms with Gasteiger partial charge in [-0.05, 0) is 37.1 Å². The third-order valence-corrected chi connectivity index (χ3v) is 4.11. The summed E-state index contributed by atoms with van der Waals surface area (Å²) in [5.74, 6) is 2.67. The summed E-state index contributed by atoms with van der Waals surface area (Å²) in [6.45, 7) is 1.31. The zero-order chi connectivity index (χ0) is 12.4. The minimum Gasteiger partial charge on any atom is -0.486 e. The molecule has 1 N–H and O–H groups in total. The third-order valence-electron chi connectivity index (χ3n) is 4.11. The summed E-state index contributed by atoms with van der Waals surface area (Å²) in [6.07, 6.45) is 5.42. The van der Waals surface area contributed by atoms with Gasteiger partial charge >= 0.3 is 0 Å². The van der Waals surface area contributed by atoms with Crippen molar-refractivity contribution in [1.82, 2.24) is 5.32 Å². The number of hydrogen-bond donors (Lipinski definition) is 1. The van der Waals surface area contributed by atoms with Gasteiger partial charge in [0.1, 0.15) is 13.2 Å². The van der Waals surface area contributed by atoms with E-state index in [1.807, 2.05) is 13.1 Å². The summed E-state index contributed by atoms with van der Waals surface area (Å²) in [7, 11) is 2.04. The largest absolute Gasteiger partial charge is 0.486 e. The molecule has 1 aliphatic carbocycles. The normalized spacial score (nSPS) is 20.3. The van der Waals surface area contributed by atoms with Crippen molar-refractivity contribution >= 4 is 0 Å². The first kappa shape index (κ1) is 11.8. The lowest BCUT2D eigenvalue weighted by Crippen LogP contribution is -2.23. The smallest absolute Gasteiger partial charge is 0.161 e.